The van der Waals surface area contributed by atoms with Crippen LogP contribution >= 0.6 is 11.3 Å². The molecular weight excluding hydrogens is 184 g/mol. The summed E-state index contributed by atoms with van der Waals surface area (Å²) in [5, 5.41) is 11.7. The van der Waals surface area contributed by atoms with Gasteiger partial charge in [0.25, 0.3) is 0 Å². The van der Waals surface area contributed by atoms with E-state index >= 15 is 0 Å². The summed E-state index contributed by atoms with van der Waals surface area (Å²) in [6.07, 6.45) is 1.41. The van der Waals surface area contributed by atoms with Crippen molar-refractivity contribution in [1.29, 1.82) is 0 Å². The summed E-state index contributed by atoms with van der Waals surface area (Å²) in [5.74, 6) is 0. The van der Waals surface area contributed by atoms with E-state index in [2.05, 4.69) is 0 Å². The molecule has 13 heavy (non-hydrogen) atoms. The number of thiophene rings is 1. The topological polar surface area (TPSA) is 29.5 Å². The molecule has 1 atom stereocenters. The number of hydrogen-bond acceptors (Lipinski definition) is 3. The summed E-state index contributed by atoms with van der Waals surface area (Å²) in [6, 6.07) is 3.93. The lowest BCUT2D eigenvalue weighted by Crippen LogP contribution is -1.99. The van der Waals surface area contributed by atoms with Gasteiger partial charge in [0, 0.05) is 18.1 Å². The van der Waals surface area contributed by atoms with Gasteiger partial charge in [0.15, 0.2) is 0 Å². The van der Waals surface area contributed by atoms with Crippen molar-refractivity contribution >= 4 is 11.3 Å². The second-order valence-electron chi connectivity index (χ2n) is 2.87. The summed E-state index contributed by atoms with van der Waals surface area (Å²) in [4.78, 5) is 1.05. The first-order valence-corrected chi connectivity index (χ1v) is 5.51. The Morgan fingerprint density at radius 3 is 3.08 bits per heavy atom. The molecular formula is C10H16O2S. The van der Waals surface area contributed by atoms with E-state index in [0.29, 0.717) is 0 Å². The first kappa shape index (κ1) is 10.7. The van der Waals surface area contributed by atoms with Crippen LogP contribution in [0.3, 0.4) is 0 Å². The van der Waals surface area contributed by atoms with Crippen LogP contribution in [-0.2, 0) is 4.74 Å². The Morgan fingerprint density at radius 2 is 2.46 bits per heavy atom. The van der Waals surface area contributed by atoms with Crippen LogP contribution in [0.15, 0.2) is 17.5 Å². The molecule has 0 spiro atoms. The zero-order valence-corrected chi connectivity index (χ0v) is 8.72. The number of aliphatic hydroxyl groups is 1. The van der Waals surface area contributed by atoms with Gasteiger partial charge in [-0.1, -0.05) is 6.07 Å². The van der Waals surface area contributed by atoms with E-state index < -0.39 is 0 Å². The van der Waals surface area contributed by atoms with Crippen LogP contribution in [0.4, 0.5) is 0 Å². The molecule has 1 aromatic heterocycles. The SMILES string of the molecule is CCOCCCC(O)c1cccs1. The molecule has 2 nitrogen and oxygen atoms in total. The maximum atomic E-state index is 9.66. The van der Waals surface area contributed by atoms with Crippen LogP contribution < -0.4 is 0 Å². The minimum atomic E-state index is -0.305. The summed E-state index contributed by atoms with van der Waals surface area (Å²) < 4.78 is 5.19. The first-order chi connectivity index (χ1) is 6.34. The van der Waals surface area contributed by atoms with Crippen molar-refractivity contribution in [2.24, 2.45) is 0 Å². The Balaban J connectivity index is 2.15. The summed E-state index contributed by atoms with van der Waals surface area (Å²) in [5.41, 5.74) is 0. The predicted molar refractivity (Wildman–Crippen MR) is 55.0 cm³/mol. The van der Waals surface area contributed by atoms with Crippen molar-refractivity contribution in [3.05, 3.63) is 22.4 Å². The van der Waals surface area contributed by atoms with Gasteiger partial charge in [-0.15, -0.1) is 11.3 Å². The third-order valence-corrected chi connectivity index (χ3v) is 2.82. The molecule has 0 amide bonds. The molecule has 0 radical (unpaired) electrons. The number of hydrogen-bond donors (Lipinski definition) is 1. The van der Waals surface area contributed by atoms with Crippen molar-refractivity contribution in [2.75, 3.05) is 13.2 Å². The normalized spacial score (nSPS) is 13.1. The highest BCUT2D eigenvalue weighted by molar-refractivity contribution is 7.10. The standard InChI is InChI=1S/C10H16O2S/c1-2-12-7-3-5-9(11)10-6-4-8-13-10/h4,6,8-9,11H,2-3,5,7H2,1H3. The van der Waals surface area contributed by atoms with Gasteiger partial charge in [-0.05, 0) is 31.2 Å². The van der Waals surface area contributed by atoms with E-state index in [0.717, 1.165) is 30.9 Å². The van der Waals surface area contributed by atoms with Crippen molar-refractivity contribution < 1.29 is 9.84 Å². The van der Waals surface area contributed by atoms with E-state index in [-0.39, 0.29) is 6.10 Å². The smallest absolute Gasteiger partial charge is 0.0882 e. The summed E-state index contributed by atoms with van der Waals surface area (Å²) in [7, 11) is 0. The third kappa shape index (κ3) is 3.89. The van der Waals surface area contributed by atoms with Gasteiger partial charge < -0.3 is 9.84 Å². The molecule has 0 aliphatic carbocycles. The Kier molecular flexibility index (Phi) is 5.05. The minimum Gasteiger partial charge on any atom is -0.388 e. The van der Waals surface area contributed by atoms with Gasteiger partial charge in [0.2, 0.25) is 0 Å². The van der Waals surface area contributed by atoms with Gasteiger partial charge in [0.1, 0.15) is 0 Å². The fraction of sp³-hybridized carbons (Fsp3) is 0.600. The Hall–Kier alpha value is -0.380. The fourth-order valence-electron chi connectivity index (χ4n) is 1.15. The van der Waals surface area contributed by atoms with Crippen molar-refractivity contribution in [3.8, 4) is 0 Å². The van der Waals surface area contributed by atoms with Crippen molar-refractivity contribution in [3.63, 3.8) is 0 Å². The Bertz CT molecular complexity index is 209. The van der Waals surface area contributed by atoms with E-state index in [9.17, 15) is 5.11 Å². The molecule has 1 unspecified atom stereocenters. The molecule has 0 aliphatic heterocycles. The molecule has 1 heterocycles. The van der Waals surface area contributed by atoms with Crippen LogP contribution in [0.1, 0.15) is 30.7 Å². The van der Waals surface area contributed by atoms with Crippen LogP contribution in [0.2, 0.25) is 0 Å². The lowest BCUT2D eigenvalue weighted by molar-refractivity contribution is 0.116. The predicted octanol–water partition coefficient (Wildman–Crippen LogP) is 2.60. The summed E-state index contributed by atoms with van der Waals surface area (Å²) in [6.45, 7) is 3.49. The molecule has 0 aliphatic rings. The quantitative estimate of drug-likeness (QED) is 0.715. The van der Waals surface area contributed by atoms with Crippen molar-refractivity contribution in [1.82, 2.24) is 0 Å². The molecule has 0 bridgehead atoms. The molecule has 1 rings (SSSR count). The van der Waals surface area contributed by atoms with Gasteiger partial charge in [-0.25, -0.2) is 0 Å². The van der Waals surface area contributed by atoms with Crippen LogP contribution in [-0.4, -0.2) is 18.3 Å². The molecule has 3 heteroatoms. The average molecular weight is 200 g/mol. The van der Waals surface area contributed by atoms with Gasteiger partial charge >= 0.3 is 0 Å². The zero-order chi connectivity index (χ0) is 9.52. The third-order valence-electron chi connectivity index (χ3n) is 1.84. The number of rotatable bonds is 6. The second-order valence-corrected chi connectivity index (χ2v) is 3.85. The zero-order valence-electron chi connectivity index (χ0n) is 7.90. The van der Waals surface area contributed by atoms with Gasteiger partial charge in [-0.3, -0.25) is 0 Å². The maximum absolute atomic E-state index is 9.66. The highest BCUT2D eigenvalue weighted by Gasteiger charge is 2.07. The van der Waals surface area contributed by atoms with E-state index in [1.807, 2.05) is 24.4 Å². The first-order valence-electron chi connectivity index (χ1n) is 4.63. The lowest BCUT2D eigenvalue weighted by atomic mass is 10.2. The van der Waals surface area contributed by atoms with E-state index in [1.165, 1.54) is 0 Å². The molecule has 0 saturated carbocycles. The summed E-state index contributed by atoms with van der Waals surface area (Å²) >= 11 is 1.60. The van der Waals surface area contributed by atoms with Crippen LogP contribution in [0, 0.1) is 0 Å². The van der Waals surface area contributed by atoms with E-state index in [4.69, 9.17) is 4.74 Å². The Morgan fingerprint density at radius 1 is 1.62 bits per heavy atom. The number of ether oxygens (including phenoxy) is 1. The average Bonchev–Trinajstić information content (AvgIpc) is 2.65. The molecule has 1 aromatic rings. The Labute approximate surface area is 83.2 Å². The van der Waals surface area contributed by atoms with Gasteiger partial charge in [0.05, 0.1) is 6.10 Å². The molecule has 74 valence electrons. The monoisotopic (exact) mass is 200 g/mol. The molecule has 1 N–H and O–H groups in total. The molecule has 0 saturated heterocycles. The van der Waals surface area contributed by atoms with E-state index in [1.54, 1.807) is 11.3 Å². The molecule has 0 aromatic carbocycles. The van der Waals surface area contributed by atoms with Crippen molar-refractivity contribution in [2.45, 2.75) is 25.9 Å². The van der Waals surface area contributed by atoms with Crippen LogP contribution in [0.25, 0.3) is 0 Å². The van der Waals surface area contributed by atoms with Gasteiger partial charge in [-0.2, -0.15) is 0 Å². The highest BCUT2D eigenvalue weighted by Crippen LogP contribution is 2.22. The largest absolute Gasteiger partial charge is 0.388 e. The molecule has 0 fully saturated rings. The fourth-order valence-corrected chi connectivity index (χ4v) is 1.89. The van der Waals surface area contributed by atoms with Crippen LogP contribution in [0.5, 0.6) is 0 Å². The maximum Gasteiger partial charge on any atom is 0.0882 e. The minimum absolute atomic E-state index is 0.305. The number of aliphatic hydroxyl groups excluding tert-OH is 1. The lowest BCUT2D eigenvalue weighted by Gasteiger charge is -2.07. The highest BCUT2D eigenvalue weighted by atomic mass is 32.1. The second kappa shape index (κ2) is 6.13.